The van der Waals surface area contributed by atoms with Gasteiger partial charge in [-0.15, -0.1) is 0 Å². The molecule has 0 bridgehead atoms. The summed E-state index contributed by atoms with van der Waals surface area (Å²) in [6, 6.07) is 19.0. The van der Waals surface area contributed by atoms with Gasteiger partial charge in [-0.1, -0.05) is 36.4 Å². The van der Waals surface area contributed by atoms with Crippen molar-refractivity contribution in [3.8, 4) is 45.7 Å². The van der Waals surface area contributed by atoms with Gasteiger partial charge in [0.25, 0.3) is 5.89 Å². The zero-order valence-electron chi connectivity index (χ0n) is 14.4. The third-order valence-corrected chi connectivity index (χ3v) is 4.06. The summed E-state index contributed by atoms with van der Waals surface area (Å²) < 4.78 is 22.6. The van der Waals surface area contributed by atoms with Crippen molar-refractivity contribution >= 4 is 0 Å². The quantitative estimate of drug-likeness (QED) is 0.491. The molecule has 0 spiro atoms. The average Bonchev–Trinajstić information content (AvgIpc) is 3.37. The first-order chi connectivity index (χ1) is 12.8. The molecule has 2 heterocycles. The van der Waals surface area contributed by atoms with Crippen LogP contribution in [-0.4, -0.2) is 19.2 Å². The first-order valence-corrected chi connectivity index (χ1v) is 8.13. The van der Waals surface area contributed by atoms with Gasteiger partial charge in [0.1, 0.15) is 17.2 Å². The van der Waals surface area contributed by atoms with E-state index < -0.39 is 0 Å². The van der Waals surface area contributed by atoms with Gasteiger partial charge in [0.15, 0.2) is 11.5 Å². The van der Waals surface area contributed by atoms with Gasteiger partial charge in [0.05, 0.1) is 26.0 Å². The van der Waals surface area contributed by atoms with Gasteiger partial charge < -0.3 is 18.3 Å². The van der Waals surface area contributed by atoms with Gasteiger partial charge in [0, 0.05) is 5.56 Å². The lowest BCUT2D eigenvalue weighted by atomic mass is 10.0. The van der Waals surface area contributed by atoms with Crippen LogP contribution in [0.1, 0.15) is 0 Å². The third-order valence-electron chi connectivity index (χ3n) is 4.06. The van der Waals surface area contributed by atoms with E-state index in [-0.39, 0.29) is 0 Å². The van der Waals surface area contributed by atoms with Crippen molar-refractivity contribution in [2.45, 2.75) is 0 Å². The molecule has 0 aliphatic carbocycles. The number of aromatic nitrogens is 1. The van der Waals surface area contributed by atoms with Gasteiger partial charge in [-0.05, 0) is 24.3 Å². The van der Waals surface area contributed by atoms with Crippen molar-refractivity contribution in [3.05, 3.63) is 66.9 Å². The Morgan fingerprint density at radius 2 is 1.54 bits per heavy atom. The zero-order chi connectivity index (χ0) is 17.9. The Labute approximate surface area is 150 Å². The van der Waals surface area contributed by atoms with Crippen LogP contribution < -0.4 is 9.47 Å². The molecule has 0 aliphatic rings. The molecule has 5 nitrogen and oxygen atoms in total. The molecule has 0 atom stereocenters. The molecule has 0 fully saturated rings. The van der Waals surface area contributed by atoms with Crippen molar-refractivity contribution in [1.82, 2.24) is 4.98 Å². The second-order valence-corrected chi connectivity index (χ2v) is 5.58. The molecule has 0 radical (unpaired) electrons. The number of ether oxygens (including phenoxy) is 2. The Kier molecular flexibility index (Phi) is 4.19. The average molecular weight is 347 g/mol. The van der Waals surface area contributed by atoms with Crippen LogP contribution in [0, 0.1) is 0 Å². The Morgan fingerprint density at radius 1 is 0.808 bits per heavy atom. The molecule has 0 N–H and O–H groups in total. The Hall–Kier alpha value is -3.47. The molecule has 4 rings (SSSR count). The van der Waals surface area contributed by atoms with E-state index in [1.807, 2.05) is 54.6 Å². The maximum atomic E-state index is 6.08. The maximum absolute atomic E-state index is 6.08. The highest BCUT2D eigenvalue weighted by Crippen LogP contribution is 2.44. The molecule has 2 aromatic carbocycles. The second kappa shape index (κ2) is 6.80. The summed E-state index contributed by atoms with van der Waals surface area (Å²) in [5.74, 6) is 2.89. The Bertz CT molecular complexity index is 982. The third kappa shape index (κ3) is 2.73. The molecule has 2 aromatic heterocycles. The highest BCUT2D eigenvalue weighted by atomic mass is 16.5. The lowest BCUT2D eigenvalue weighted by Crippen LogP contribution is -1.94. The van der Waals surface area contributed by atoms with Gasteiger partial charge >= 0.3 is 0 Å². The number of benzene rings is 2. The van der Waals surface area contributed by atoms with Crippen molar-refractivity contribution in [2.75, 3.05) is 14.2 Å². The van der Waals surface area contributed by atoms with Gasteiger partial charge in [-0.25, -0.2) is 4.98 Å². The van der Waals surface area contributed by atoms with Crippen LogP contribution in [0.25, 0.3) is 34.2 Å². The number of hydrogen-bond donors (Lipinski definition) is 0. The fourth-order valence-corrected chi connectivity index (χ4v) is 2.86. The molecule has 0 amide bonds. The van der Waals surface area contributed by atoms with Crippen LogP contribution in [0.2, 0.25) is 0 Å². The van der Waals surface area contributed by atoms with Crippen molar-refractivity contribution in [2.24, 2.45) is 0 Å². The van der Waals surface area contributed by atoms with Crippen molar-refractivity contribution < 1.29 is 18.3 Å². The maximum Gasteiger partial charge on any atom is 0.263 e. The number of hydrogen-bond acceptors (Lipinski definition) is 5. The fraction of sp³-hybridized carbons (Fsp3) is 0.0952. The first kappa shape index (κ1) is 16.0. The number of furan rings is 1. The standard InChI is InChI=1S/C21H17NO4/c1-23-15-10-6-11-16(24-2)18(15)19-20(14-8-4-3-5-9-14)26-21(22-19)17-12-7-13-25-17/h3-13H,1-2H3. The van der Waals surface area contributed by atoms with E-state index in [4.69, 9.17) is 23.3 Å². The minimum absolute atomic E-state index is 0.400. The van der Waals surface area contributed by atoms with E-state index in [1.165, 1.54) is 0 Å². The predicted octanol–water partition coefficient (Wildman–Crippen LogP) is 5.29. The van der Waals surface area contributed by atoms with Crippen molar-refractivity contribution in [3.63, 3.8) is 0 Å². The van der Waals surface area contributed by atoms with E-state index in [2.05, 4.69) is 0 Å². The summed E-state index contributed by atoms with van der Waals surface area (Å²) in [7, 11) is 3.24. The number of rotatable bonds is 5. The summed E-state index contributed by atoms with van der Waals surface area (Å²) in [5.41, 5.74) is 2.27. The smallest absolute Gasteiger partial charge is 0.263 e. The molecule has 0 unspecified atom stereocenters. The Morgan fingerprint density at radius 3 is 2.15 bits per heavy atom. The largest absolute Gasteiger partial charge is 0.496 e. The van der Waals surface area contributed by atoms with Crippen LogP contribution in [0.15, 0.2) is 75.8 Å². The van der Waals surface area contributed by atoms with E-state index in [0.717, 1.165) is 11.1 Å². The summed E-state index contributed by atoms with van der Waals surface area (Å²) >= 11 is 0. The SMILES string of the molecule is COc1cccc(OC)c1-c1nc(-c2ccco2)oc1-c1ccccc1. The highest BCUT2D eigenvalue weighted by molar-refractivity contribution is 5.85. The van der Waals surface area contributed by atoms with E-state index >= 15 is 0 Å². The lowest BCUT2D eigenvalue weighted by molar-refractivity contribution is 0.397. The summed E-state index contributed by atoms with van der Waals surface area (Å²) in [5, 5.41) is 0. The van der Waals surface area contributed by atoms with Gasteiger partial charge in [0.2, 0.25) is 0 Å². The van der Waals surface area contributed by atoms with Crippen LogP contribution in [0.4, 0.5) is 0 Å². The van der Waals surface area contributed by atoms with Gasteiger partial charge in [-0.2, -0.15) is 0 Å². The van der Waals surface area contributed by atoms with Crippen LogP contribution in [0.3, 0.4) is 0 Å². The van der Waals surface area contributed by atoms with Crippen LogP contribution in [0.5, 0.6) is 11.5 Å². The number of methoxy groups -OCH3 is 2. The topological polar surface area (TPSA) is 57.6 Å². The molecule has 130 valence electrons. The summed E-state index contributed by atoms with van der Waals surface area (Å²) in [6.07, 6.45) is 1.59. The molecule has 4 aromatic rings. The minimum Gasteiger partial charge on any atom is -0.496 e. The number of oxazole rings is 1. The summed E-state index contributed by atoms with van der Waals surface area (Å²) in [4.78, 5) is 4.70. The highest BCUT2D eigenvalue weighted by Gasteiger charge is 2.24. The molecular formula is C21H17NO4. The zero-order valence-corrected chi connectivity index (χ0v) is 14.4. The van der Waals surface area contributed by atoms with E-state index in [1.54, 1.807) is 26.5 Å². The van der Waals surface area contributed by atoms with Crippen LogP contribution in [-0.2, 0) is 0 Å². The summed E-state index contributed by atoms with van der Waals surface area (Å²) in [6.45, 7) is 0. The van der Waals surface area contributed by atoms with Crippen LogP contribution >= 0.6 is 0 Å². The lowest BCUT2D eigenvalue weighted by Gasteiger charge is -2.12. The van der Waals surface area contributed by atoms with E-state index in [9.17, 15) is 0 Å². The first-order valence-electron chi connectivity index (χ1n) is 8.13. The Balaban J connectivity index is 1.99. The van der Waals surface area contributed by atoms with Crippen molar-refractivity contribution in [1.29, 1.82) is 0 Å². The number of nitrogens with zero attached hydrogens (tertiary/aromatic N) is 1. The predicted molar refractivity (Wildman–Crippen MR) is 98.2 cm³/mol. The molecule has 0 aliphatic heterocycles. The normalized spacial score (nSPS) is 10.7. The molecular weight excluding hydrogens is 330 g/mol. The second-order valence-electron chi connectivity index (χ2n) is 5.58. The monoisotopic (exact) mass is 347 g/mol. The molecule has 26 heavy (non-hydrogen) atoms. The van der Waals surface area contributed by atoms with Gasteiger partial charge in [-0.3, -0.25) is 0 Å². The molecule has 5 heteroatoms. The molecule has 0 saturated carbocycles. The molecule has 0 saturated heterocycles. The minimum atomic E-state index is 0.400. The van der Waals surface area contributed by atoms with E-state index in [0.29, 0.717) is 34.6 Å². The fourth-order valence-electron chi connectivity index (χ4n) is 2.86.